The van der Waals surface area contributed by atoms with Crippen LogP contribution in [-0.2, 0) is 12.6 Å². The highest BCUT2D eigenvalue weighted by Gasteiger charge is 2.33. The zero-order valence-corrected chi connectivity index (χ0v) is 14.4. The number of carbonyl (C=O) groups is 1. The summed E-state index contributed by atoms with van der Waals surface area (Å²) in [7, 11) is 0. The molecule has 0 bridgehead atoms. The van der Waals surface area contributed by atoms with E-state index in [-0.39, 0.29) is 11.9 Å². The maximum atomic E-state index is 12.8. The molecule has 1 aliphatic rings. The monoisotopic (exact) mass is 385 g/mol. The van der Waals surface area contributed by atoms with E-state index in [0.29, 0.717) is 24.2 Å². The molecule has 1 amide bonds. The lowest BCUT2D eigenvalue weighted by molar-refractivity contribution is -0.141. The van der Waals surface area contributed by atoms with Crippen molar-refractivity contribution in [2.75, 3.05) is 16.8 Å². The third kappa shape index (κ3) is 3.51. The Morgan fingerprint density at radius 3 is 2.75 bits per heavy atom. The average Bonchev–Trinajstić information content (AvgIpc) is 3.11. The lowest BCUT2D eigenvalue weighted by atomic mass is 10.1. The first-order chi connectivity index (χ1) is 13.4. The van der Waals surface area contributed by atoms with Crippen LogP contribution >= 0.6 is 0 Å². The van der Waals surface area contributed by atoms with Gasteiger partial charge >= 0.3 is 6.18 Å². The number of hydrogen-bond acceptors (Lipinski definition) is 5. The van der Waals surface area contributed by atoms with Gasteiger partial charge in [-0.1, -0.05) is 0 Å². The molecular formula is C19H14F3N5O. The smallest absolute Gasteiger partial charge is 0.324 e. The predicted molar refractivity (Wildman–Crippen MR) is 96.4 cm³/mol. The van der Waals surface area contributed by atoms with Crippen LogP contribution in [0.15, 0.2) is 55.0 Å². The number of nitrogens with one attached hydrogen (secondary N) is 1. The number of nitrogens with zero attached hydrogens (tertiary/aromatic N) is 4. The molecule has 1 aliphatic heterocycles. The Balaban J connectivity index is 1.55. The summed E-state index contributed by atoms with van der Waals surface area (Å²) in [5.41, 5.74) is 1.71. The van der Waals surface area contributed by atoms with Gasteiger partial charge in [-0.3, -0.25) is 9.78 Å². The van der Waals surface area contributed by atoms with Gasteiger partial charge in [0.25, 0.3) is 5.91 Å². The van der Waals surface area contributed by atoms with Gasteiger partial charge in [-0.25, -0.2) is 9.97 Å². The second kappa shape index (κ2) is 6.91. The van der Waals surface area contributed by atoms with Gasteiger partial charge < -0.3 is 10.2 Å². The molecule has 3 heterocycles. The van der Waals surface area contributed by atoms with Gasteiger partial charge in [0.2, 0.25) is 5.95 Å². The van der Waals surface area contributed by atoms with Crippen molar-refractivity contribution in [1.29, 1.82) is 0 Å². The molecule has 0 aliphatic carbocycles. The first kappa shape index (κ1) is 17.9. The van der Waals surface area contributed by atoms with E-state index < -0.39 is 11.9 Å². The zero-order valence-electron chi connectivity index (χ0n) is 14.4. The van der Waals surface area contributed by atoms with Crippen molar-refractivity contribution in [3.8, 4) is 0 Å². The SMILES string of the molecule is O=C(c1cccnc1)N1CCc2cc(Nc3nccc(C(F)(F)F)n3)ccc21. The second-order valence-electron chi connectivity index (χ2n) is 6.18. The van der Waals surface area contributed by atoms with Crippen LogP contribution in [0.5, 0.6) is 0 Å². The fourth-order valence-electron chi connectivity index (χ4n) is 3.04. The van der Waals surface area contributed by atoms with E-state index in [0.717, 1.165) is 23.5 Å². The quantitative estimate of drug-likeness (QED) is 0.742. The zero-order chi connectivity index (χ0) is 19.7. The van der Waals surface area contributed by atoms with Crippen LogP contribution in [0.3, 0.4) is 0 Å². The van der Waals surface area contributed by atoms with Crippen LogP contribution in [0.4, 0.5) is 30.5 Å². The van der Waals surface area contributed by atoms with Crippen molar-refractivity contribution in [2.24, 2.45) is 0 Å². The molecule has 4 rings (SSSR count). The van der Waals surface area contributed by atoms with Gasteiger partial charge in [-0.05, 0) is 48.4 Å². The Labute approximate surface area is 158 Å². The summed E-state index contributed by atoms with van der Waals surface area (Å²) in [5.74, 6) is -0.287. The maximum absolute atomic E-state index is 12.8. The molecule has 0 atom stereocenters. The number of fused-ring (bicyclic) bond motifs is 1. The van der Waals surface area contributed by atoms with E-state index in [1.807, 2.05) is 0 Å². The van der Waals surface area contributed by atoms with Gasteiger partial charge in [-0.15, -0.1) is 0 Å². The van der Waals surface area contributed by atoms with Crippen molar-refractivity contribution in [3.05, 3.63) is 71.8 Å². The standard InChI is InChI=1S/C19H14F3N5O/c20-19(21,22)16-5-8-24-18(26-16)25-14-3-4-15-12(10-14)6-9-27(15)17(28)13-2-1-7-23-11-13/h1-5,7-8,10-11H,6,9H2,(H,24,25,26). The summed E-state index contributed by atoms with van der Waals surface area (Å²) in [6, 6.07) is 9.44. The molecule has 0 fully saturated rings. The van der Waals surface area contributed by atoms with Crippen LogP contribution in [0.1, 0.15) is 21.6 Å². The predicted octanol–water partition coefficient (Wildman–Crippen LogP) is 3.84. The van der Waals surface area contributed by atoms with Crippen LogP contribution < -0.4 is 10.2 Å². The Morgan fingerprint density at radius 2 is 2.00 bits per heavy atom. The molecular weight excluding hydrogens is 371 g/mol. The van der Waals surface area contributed by atoms with E-state index in [2.05, 4.69) is 20.3 Å². The highest BCUT2D eigenvalue weighted by Crippen LogP contribution is 2.33. The molecule has 9 heteroatoms. The molecule has 0 saturated heterocycles. The Morgan fingerprint density at radius 1 is 1.14 bits per heavy atom. The van der Waals surface area contributed by atoms with Crippen LogP contribution in [0.25, 0.3) is 0 Å². The summed E-state index contributed by atoms with van der Waals surface area (Å²) in [5, 5.41) is 2.79. The number of pyridine rings is 1. The van der Waals surface area contributed by atoms with Crippen molar-refractivity contribution >= 4 is 23.2 Å². The van der Waals surface area contributed by atoms with Gasteiger partial charge in [0.05, 0.1) is 5.56 Å². The minimum Gasteiger partial charge on any atom is -0.324 e. The number of alkyl halides is 3. The number of rotatable bonds is 3. The summed E-state index contributed by atoms with van der Waals surface area (Å²) in [6.07, 6.45) is 0.272. The normalized spacial score (nSPS) is 13.3. The first-order valence-electron chi connectivity index (χ1n) is 8.44. The molecule has 3 aromatic rings. The number of benzene rings is 1. The Kier molecular flexibility index (Phi) is 4.42. The average molecular weight is 385 g/mol. The minimum absolute atomic E-state index is 0.143. The molecule has 0 saturated carbocycles. The van der Waals surface area contributed by atoms with Crippen molar-refractivity contribution < 1.29 is 18.0 Å². The molecule has 6 nitrogen and oxygen atoms in total. The maximum Gasteiger partial charge on any atom is 0.433 e. The minimum atomic E-state index is -4.54. The van der Waals surface area contributed by atoms with Crippen LogP contribution in [0.2, 0.25) is 0 Å². The van der Waals surface area contributed by atoms with E-state index in [1.54, 1.807) is 41.4 Å². The summed E-state index contributed by atoms with van der Waals surface area (Å²) in [4.78, 5) is 25.6. The third-order valence-electron chi connectivity index (χ3n) is 4.33. The topological polar surface area (TPSA) is 71.0 Å². The fraction of sp³-hybridized carbons (Fsp3) is 0.158. The third-order valence-corrected chi connectivity index (χ3v) is 4.33. The summed E-state index contributed by atoms with van der Waals surface area (Å²) >= 11 is 0. The van der Waals surface area contributed by atoms with Gasteiger partial charge in [-0.2, -0.15) is 13.2 Å². The lowest BCUT2D eigenvalue weighted by Gasteiger charge is -2.17. The largest absolute Gasteiger partial charge is 0.433 e. The van der Waals surface area contributed by atoms with Crippen LogP contribution in [-0.4, -0.2) is 27.4 Å². The van der Waals surface area contributed by atoms with E-state index in [1.165, 1.54) is 6.20 Å². The summed E-state index contributed by atoms with van der Waals surface area (Å²) in [6.45, 7) is 0.520. The second-order valence-corrected chi connectivity index (χ2v) is 6.18. The molecule has 28 heavy (non-hydrogen) atoms. The number of carbonyl (C=O) groups excluding carboxylic acids is 1. The van der Waals surface area contributed by atoms with Gasteiger partial charge in [0, 0.05) is 36.5 Å². The van der Waals surface area contributed by atoms with Crippen molar-refractivity contribution in [3.63, 3.8) is 0 Å². The summed E-state index contributed by atoms with van der Waals surface area (Å²) < 4.78 is 38.4. The van der Waals surface area contributed by atoms with E-state index >= 15 is 0 Å². The highest BCUT2D eigenvalue weighted by molar-refractivity contribution is 6.07. The number of anilines is 3. The van der Waals surface area contributed by atoms with Crippen molar-refractivity contribution in [2.45, 2.75) is 12.6 Å². The number of aromatic nitrogens is 3. The molecule has 2 aromatic heterocycles. The van der Waals surface area contributed by atoms with Gasteiger partial charge in [0.1, 0.15) is 5.69 Å². The molecule has 1 aromatic carbocycles. The number of halogens is 3. The van der Waals surface area contributed by atoms with E-state index in [4.69, 9.17) is 0 Å². The van der Waals surface area contributed by atoms with Gasteiger partial charge in [0.15, 0.2) is 0 Å². The lowest BCUT2D eigenvalue weighted by Crippen LogP contribution is -2.28. The molecule has 0 radical (unpaired) electrons. The number of hydrogen-bond donors (Lipinski definition) is 1. The van der Waals surface area contributed by atoms with Crippen molar-refractivity contribution in [1.82, 2.24) is 15.0 Å². The Hall–Kier alpha value is -3.49. The Bertz CT molecular complexity index is 1020. The molecule has 142 valence electrons. The first-order valence-corrected chi connectivity index (χ1v) is 8.44. The molecule has 1 N–H and O–H groups in total. The van der Waals surface area contributed by atoms with E-state index in [9.17, 15) is 18.0 Å². The molecule has 0 unspecified atom stereocenters. The molecule has 0 spiro atoms. The highest BCUT2D eigenvalue weighted by atomic mass is 19.4. The van der Waals surface area contributed by atoms with Crippen LogP contribution in [0, 0.1) is 0 Å². The fourth-order valence-corrected chi connectivity index (χ4v) is 3.04. The number of amides is 1.